The van der Waals surface area contributed by atoms with Gasteiger partial charge in [0, 0.05) is 55.4 Å². The van der Waals surface area contributed by atoms with Crippen LogP contribution in [0.4, 0.5) is 0 Å². The van der Waals surface area contributed by atoms with Crippen LogP contribution in [-0.4, -0.2) is 90.5 Å². The van der Waals surface area contributed by atoms with E-state index in [1.807, 2.05) is 16.8 Å². The monoisotopic (exact) mass is 425 g/mol. The van der Waals surface area contributed by atoms with Gasteiger partial charge in [-0.15, -0.1) is 0 Å². The van der Waals surface area contributed by atoms with Crippen LogP contribution in [0.15, 0.2) is 23.3 Å². The average molecular weight is 425 g/mol. The molecule has 2 bridgehead atoms. The fraction of sp³-hybridized carbons (Fsp3) is 0.650. The number of ether oxygens (including phenoxy) is 2. The summed E-state index contributed by atoms with van der Waals surface area (Å²) in [6.07, 6.45) is 3.45. The van der Waals surface area contributed by atoms with Crippen molar-refractivity contribution in [1.82, 2.24) is 9.80 Å². The van der Waals surface area contributed by atoms with Crippen LogP contribution in [0.2, 0.25) is 0 Å². The predicted molar refractivity (Wildman–Crippen MR) is 96.9 cm³/mol. The van der Waals surface area contributed by atoms with Gasteiger partial charge in [-0.1, -0.05) is 0 Å². The number of piperazine rings is 1. The summed E-state index contributed by atoms with van der Waals surface area (Å²) in [7, 11) is 4.72. The zero-order valence-electron chi connectivity index (χ0n) is 17.6. The molecule has 0 aromatic rings. The van der Waals surface area contributed by atoms with Crippen molar-refractivity contribution in [2.45, 2.75) is 48.8 Å². The molecule has 4 rings (SSSR count). The summed E-state index contributed by atoms with van der Waals surface area (Å²) in [5.41, 5.74) is 0.937. The first-order chi connectivity index (χ1) is 13.8. The molecule has 6 atom stereocenters. The van der Waals surface area contributed by atoms with E-state index in [1.54, 1.807) is 0 Å². The number of nitriles is 1. The number of nitrogens with zero attached hydrogens (tertiary/aromatic N) is 3. The van der Waals surface area contributed by atoms with Gasteiger partial charge < -0.3 is 24.5 Å². The number of ketones is 1. The van der Waals surface area contributed by atoms with Crippen LogP contribution in [-0.2, 0) is 19.1 Å². The SMILES string of the molecule is COC1(OC)C=CC(=O)C2=C1[C@H](CO)N1C(C#N)[C@@H]3C[C@@H](C(=O)[O-])[C@H]([C@@H]1C2)N3C.[Na+]. The Morgan fingerprint density at radius 2 is 2.07 bits per heavy atom. The van der Waals surface area contributed by atoms with Crippen LogP contribution in [0.25, 0.3) is 0 Å². The van der Waals surface area contributed by atoms with E-state index < -0.39 is 41.8 Å². The molecule has 0 aromatic heterocycles. The van der Waals surface area contributed by atoms with Crippen molar-refractivity contribution in [1.29, 1.82) is 5.26 Å². The number of methoxy groups -OCH3 is 2. The molecule has 0 aromatic carbocycles. The maximum absolute atomic E-state index is 12.8. The second-order valence-electron chi connectivity index (χ2n) is 8.04. The third-order valence-electron chi connectivity index (χ3n) is 7.14. The van der Waals surface area contributed by atoms with Crippen molar-refractivity contribution in [2.24, 2.45) is 5.92 Å². The number of likely N-dealkylation sites (N-methyl/N-ethyl adjacent to an activating group) is 1. The van der Waals surface area contributed by atoms with Gasteiger partial charge in [-0.2, -0.15) is 5.26 Å². The number of carbonyl (C=O) groups excluding carboxylic acids is 2. The molecule has 2 saturated heterocycles. The Morgan fingerprint density at radius 1 is 1.40 bits per heavy atom. The molecule has 1 aliphatic carbocycles. The number of carbonyl (C=O) groups is 2. The maximum Gasteiger partial charge on any atom is 1.00 e. The number of hydrogen-bond acceptors (Lipinski definition) is 9. The topological polar surface area (TPSA) is 126 Å². The Balaban J connectivity index is 0.00000256. The van der Waals surface area contributed by atoms with Gasteiger partial charge in [0.1, 0.15) is 6.04 Å². The molecule has 0 saturated carbocycles. The fourth-order valence-electron chi connectivity index (χ4n) is 5.93. The van der Waals surface area contributed by atoms with E-state index >= 15 is 0 Å². The zero-order chi connectivity index (χ0) is 21.1. The minimum atomic E-state index is -1.32. The number of aliphatic hydroxyl groups is 1. The molecule has 0 amide bonds. The van der Waals surface area contributed by atoms with Crippen LogP contribution >= 0.6 is 0 Å². The summed E-state index contributed by atoms with van der Waals surface area (Å²) < 4.78 is 11.2. The van der Waals surface area contributed by atoms with E-state index in [9.17, 15) is 25.1 Å². The van der Waals surface area contributed by atoms with E-state index in [-0.39, 0.29) is 54.4 Å². The van der Waals surface area contributed by atoms with Gasteiger partial charge in [0.2, 0.25) is 5.79 Å². The first kappa shape index (κ1) is 23.6. The van der Waals surface area contributed by atoms with E-state index in [4.69, 9.17) is 9.47 Å². The number of aliphatic hydroxyl groups excluding tert-OH is 1. The van der Waals surface area contributed by atoms with E-state index in [2.05, 4.69) is 6.07 Å². The molecule has 1 unspecified atom stereocenters. The molecule has 4 aliphatic rings. The predicted octanol–water partition coefficient (Wildman–Crippen LogP) is -4.81. The standard InChI is InChI=1S/C20H25N3O6.Na/c1-22-12-7-11(19(26)27)18(22)13-6-10-16(25)4-5-20(28-2,29-3)17(10)15(9-24)23(13)14(12)8-21;/h4-5,11-15,18,24H,6-7,9H2,1-3H3,(H,26,27);/q;+1/p-1/t11-,12+,13+,14?,15+,18-;/m1./s1. The molecule has 156 valence electrons. The molecule has 1 N–H and O–H groups in total. The normalized spacial score (nSPS) is 37.2. The Labute approximate surface area is 197 Å². The van der Waals surface area contributed by atoms with Gasteiger partial charge in [0.15, 0.2) is 5.78 Å². The number of carboxylic acid groups (broad SMARTS) is 1. The second kappa shape index (κ2) is 8.45. The molecule has 0 radical (unpaired) electrons. The Bertz CT molecular complexity index is 848. The summed E-state index contributed by atoms with van der Waals surface area (Å²) in [6, 6.07) is -0.206. The third kappa shape index (κ3) is 3.05. The summed E-state index contributed by atoms with van der Waals surface area (Å²) in [5, 5.41) is 32.2. The summed E-state index contributed by atoms with van der Waals surface area (Å²) in [6.45, 7) is -0.359. The van der Waals surface area contributed by atoms with Crippen molar-refractivity contribution in [3.8, 4) is 6.07 Å². The zero-order valence-corrected chi connectivity index (χ0v) is 19.6. The van der Waals surface area contributed by atoms with Crippen molar-refractivity contribution >= 4 is 11.8 Å². The van der Waals surface area contributed by atoms with E-state index in [1.165, 1.54) is 26.4 Å². The minimum Gasteiger partial charge on any atom is -0.550 e. The van der Waals surface area contributed by atoms with Crippen LogP contribution in [0.5, 0.6) is 0 Å². The number of allylic oxidation sites excluding steroid dienone is 1. The van der Waals surface area contributed by atoms with E-state index in [0.29, 0.717) is 17.6 Å². The van der Waals surface area contributed by atoms with Crippen LogP contribution in [0.1, 0.15) is 12.8 Å². The number of aliphatic carboxylic acids is 1. The van der Waals surface area contributed by atoms with Crippen molar-refractivity contribution in [3.05, 3.63) is 23.3 Å². The molecule has 9 nitrogen and oxygen atoms in total. The van der Waals surface area contributed by atoms with Gasteiger partial charge in [-0.3, -0.25) is 14.6 Å². The summed E-state index contributed by atoms with van der Waals surface area (Å²) >= 11 is 0. The Kier molecular flexibility index (Phi) is 6.64. The van der Waals surface area contributed by atoms with Crippen LogP contribution in [0.3, 0.4) is 0 Å². The molecule has 30 heavy (non-hydrogen) atoms. The quantitative estimate of drug-likeness (QED) is 0.349. The van der Waals surface area contributed by atoms with Gasteiger partial charge in [0.25, 0.3) is 0 Å². The largest absolute Gasteiger partial charge is 1.00 e. The summed E-state index contributed by atoms with van der Waals surface area (Å²) in [4.78, 5) is 28.4. The number of fused-ring (bicyclic) bond motifs is 4. The molecule has 2 fully saturated rings. The smallest absolute Gasteiger partial charge is 0.550 e. The molecule has 0 spiro atoms. The van der Waals surface area contributed by atoms with Crippen LogP contribution < -0.4 is 34.7 Å². The number of carboxylic acids is 1. The van der Waals surface area contributed by atoms with Crippen LogP contribution in [0, 0.1) is 17.2 Å². The van der Waals surface area contributed by atoms with Gasteiger partial charge in [0.05, 0.1) is 18.7 Å². The average Bonchev–Trinajstić information content (AvgIpc) is 2.97. The second-order valence-corrected chi connectivity index (χ2v) is 8.04. The Hall–Kier alpha value is -1.09. The summed E-state index contributed by atoms with van der Waals surface area (Å²) in [5.74, 6) is -3.44. The van der Waals surface area contributed by atoms with Crippen molar-refractivity contribution < 1.29 is 58.8 Å². The third-order valence-corrected chi connectivity index (χ3v) is 7.14. The molecular formula is C20H24N3NaO6. The number of rotatable bonds is 4. The van der Waals surface area contributed by atoms with Gasteiger partial charge in [-0.05, 0) is 32.0 Å². The van der Waals surface area contributed by atoms with Crippen molar-refractivity contribution in [2.75, 3.05) is 27.9 Å². The molecule has 3 heterocycles. The number of hydrogen-bond donors (Lipinski definition) is 1. The first-order valence-electron chi connectivity index (χ1n) is 9.63. The first-order valence-corrected chi connectivity index (χ1v) is 9.63. The molecule has 10 heteroatoms. The molecular weight excluding hydrogens is 401 g/mol. The maximum atomic E-state index is 12.8. The van der Waals surface area contributed by atoms with Crippen molar-refractivity contribution in [3.63, 3.8) is 0 Å². The van der Waals surface area contributed by atoms with Gasteiger partial charge in [-0.25, -0.2) is 0 Å². The molecule has 3 aliphatic heterocycles. The minimum absolute atomic E-state index is 0. The fourth-order valence-corrected chi connectivity index (χ4v) is 5.93. The van der Waals surface area contributed by atoms with E-state index in [0.717, 1.165) is 0 Å². The Morgan fingerprint density at radius 3 is 2.60 bits per heavy atom. The van der Waals surface area contributed by atoms with Gasteiger partial charge >= 0.3 is 29.6 Å².